The minimum atomic E-state index is -3.61. The number of ether oxygens (including phenoxy) is 1. The number of nitrogens with one attached hydrogen (secondary N) is 1. The number of rotatable bonds is 6. The van der Waals surface area contributed by atoms with Crippen LogP contribution in [0.5, 0.6) is 5.75 Å². The number of hydrogen-bond donors (Lipinski definition) is 1. The van der Waals surface area contributed by atoms with Crippen molar-refractivity contribution in [1.29, 1.82) is 0 Å². The lowest BCUT2D eigenvalue weighted by Gasteiger charge is -2.06. The molecule has 9 heteroatoms. The number of aromatic nitrogens is 2. The van der Waals surface area contributed by atoms with Crippen molar-refractivity contribution in [3.8, 4) is 17.2 Å². The van der Waals surface area contributed by atoms with Crippen LogP contribution in [0, 0.1) is 6.92 Å². The quantitative estimate of drug-likeness (QED) is 0.721. The number of sulfonamides is 1. The fourth-order valence-corrected chi connectivity index (χ4v) is 4.19. The van der Waals surface area contributed by atoms with E-state index in [1.807, 2.05) is 12.1 Å². The summed E-state index contributed by atoms with van der Waals surface area (Å²) in [5.41, 5.74) is 1.43. The summed E-state index contributed by atoms with van der Waals surface area (Å²) in [6, 6.07) is 8.70. The lowest BCUT2D eigenvalue weighted by molar-refractivity contribution is 0.414. The number of aryl methyl sites for hydroxylation is 1. The molecule has 0 saturated heterocycles. The molecule has 0 spiro atoms. The van der Waals surface area contributed by atoms with Crippen molar-refractivity contribution in [2.45, 2.75) is 17.7 Å². The Bertz CT molecular complexity index is 930. The first-order valence-electron chi connectivity index (χ1n) is 6.99. The van der Waals surface area contributed by atoms with Crippen LogP contribution in [0.1, 0.15) is 11.5 Å². The molecule has 7 nitrogen and oxygen atoms in total. The van der Waals surface area contributed by atoms with Crippen LogP contribution in [-0.4, -0.2) is 25.7 Å². The molecular weight excluding hydrogens is 350 g/mol. The zero-order chi connectivity index (χ0) is 17.2. The summed E-state index contributed by atoms with van der Waals surface area (Å²) in [6.07, 6.45) is 0. The second-order valence-electron chi connectivity index (χ2n) is 4.95. The van der Waals surface area contributed by atoms with Crippen molar-refractivity contribution < 1.29 is 17.6 Å². The Morgan fingerprint density at radius 3 is 2.62 bits per heavy atom. The molecule has 0 amide bonds. The lowest BCUT2D eigenvalue weighted by atomic mass is 10.2. The first-order chi connectivity index (χ1) is 11.5. The van der Waals surface area contributed by atoms with Crippen LogP contribution >= 0.6 is 11.3 Å². The van der Waals surface area contributed by atoms with E-state index in [0.717, 1.165) is 22.6 Å². The van der Waals surface area contributed by atoms with E-state index < -0.39 is 10.0 Å². The third-order valence-electron chi connectivity index (χ3n) is 3.24. The molecular formula is C15H15N3O4S2. The summed E-state index contributed by atoms with van der Waals surface area (Å²) < 4.78 is 37.9. The van der Waals surface area contributed by atoms with E-state index in [-0.39, 0.29) is 10.8 Å². The average Bonchev–Trinajstić information content (AvgIpc) is 3.22. The topological polar surface area (TPSA) is 94.3 Å². The van der Waals surface area contributed by atoms with Gasteiger partial charge in [0.05, 0.1) is 12.7 Å². The molecule has 2 aromatic heterocycles. The van der Waals surface area contributed by atoms with Gasteiger partial charge >= 0.3 is 0 Å². The van der Waals surface area contributed by atoms with Crippen LogP contribution in [0.25, 0.3) is 11.5 Å². The molecule has 0 bridgehead atoms. The van der Waals surface area contributed by atoms with Gasteiger partial charge in [0.15, 0.2) is 0 Å². The highest BCUT2D eigenvalue weighted by molar-refractivity contribution is 7.91. The maximum absolute atomic E-state index is 12.4. The van der Waals surface area contributed by atoms with Crippen LogP contribution in [0.4, 0.5) is 0 Å². The highest BCUT2D eigenvalue weighted by Crippen LogP contribution is 2.27. The Morgan fingerprint density at radius 1 is 1.25 bits per heavy atom. The van der Waals surface area contributed by atoms with Gasteiger partial charge in [-0.2, -0.15) is 0 Å². The van der Waals surface area contributed by atoms with Crippen molar-refractivity contribution in [2.75, 3.05) is 7.11 Å². The van der Waals surface area contributed by atoms with Gasteiger partial charge in [-0.25, -0.2) is 13.1 Å². The molecule has 0 aliphatic heterocycles. The Morgan fingerprint density at radius 2 is 2.00 bits per heavy atom. The largest absolute Gasteiger partial charge is 0.497 e. The van der Waals surface area contributed by atoms with Crippen molar-refractivity contribution >= 4 is 21.4 Å². The molecule has 0 aliphatic carbocycles. The monoisotopic (exact) mass is 365 g/mol. The molecule has 0 aliphatic rings. The molecule has 0 fully saturated rings. The summed E-state index contributed by atoms with van der Waals surface area (Å²) in [5, 5.41) is 9.30. The molecule has 3 rings (SSSR count). The van der Waals surface area contributed by atoms with Gasteiger partial charge < -0.3 is 9.15 Å². The third-order valence-corrected chi connectivity index (χ3v) is 6.08. The van der Waals surface area contributed by atoms with Crippen LogP contribution in [0.3, 0.4) is 0 Å². The van der Waals surface area contributed by atoms with E-state index in [9.17, 15) is 8.42 Å². The van der Waals surface area contributed by atoms with Gasteiger partial charge in [0.2, 0.25) is 21.8 Å². The van der Waals surface area contributed by atoms with Crippen LogP contribution in [0.2, 0.25) is 0 Å². The molecule has 1 N–H and O–H groups in total. The van der Waals surface area contributed by atoms with Gasteiger partial charge in [-0.1, -0.05) is 12.1 Å². The molecule has 1 aromatic carbocycles. The zero-order valence-corrected chi connectivity index (χ0v) is 14.6. The summed E-state index contributed by atoms with van der Waals surface area (Å²) >= 11 is 1.10. The summed E-state index contributed by atoms with van der Waals surface area (Å²) in [7, 11) is -2.03. The molecule has 2 heterocycles. The Labute approximate surface area is 143 Å². The zero-order valence-electron chi connectivity index (χ0n) is 13.0. The normalized spacial score (nSPS) is 11.6. The maximum Gasteiger partial charge on any atom is 0.250 e. The number of hydrogen-bond acceptors (Lipinski definition) is 7. The van der Waals surface area contributed by atoms with E-state index in [2.05, 4.69) is 14.9 Å². The summed E-state index contributed by atoms with van der Waals surface area (Å²) in [6.45, 7) is 1.87. The van der Waals surface area contributed by atoms with E-state index in [0.29, 0.717) is 17.3 Å². The first kappa shape index (κ1) is 16.6. The molecule has 0 unspecified atom stereocenters. The SMILES string of the molecule is COc1ccc(CNS(=O)(=O)c2cc(-c3nnc(C)o3)cs2)cc1. The summed E-state index contributed by atoms with van der Waals surface area (Å²) in [5.74, 6) is 1.46. The van der Waals surface area contributed by atoms with Crippen molar-refractivity contribution in [3.05, 3.63) is 47.2 Å². The number of thiophene rings is 1. The van der Waals surface area contributed by atoms with E-state index in [1.54, 1.807) is 31.5 Å². The lowest BCUT2D eigenvalue weighted by Crippen LogP contribution is -2.22. The third kappa shape index (κ3) is 3.64. The van der Waals surface area contributed by atoms with Crippen molar-refractivity contribution in [2.24, 2.45) is 0 Å². The van der Waals surface area contributed by atoms with E-state index in [1.165, 1.54) is 6.07 Å². The number of methoxy groups -OCH3 is 1. The van der Waals surface area contributed by atoms with E-state index in [4.69, 9.17) is 9.15 Å². The second-order valence-corrected chi connectivity index (χ2v) is 7.86. The molecule has 0 atom stereocenters. The minimum absolute atomic E-state index is 0.194. The second kappa shape index (κ2) is 6.71. The maximum atomic E-state index is 12.4. The van der Waals surface area contributed by atoms with Crippen LogP contribution in [-0.2, 0) is 16.6 Å². The molecule has 126 valence electrons. The fraction of sp³-hybridized carbons (Fsp3) is 0.200. The van der Waals surface area contributed by atoms with Gasteiger partial charge in [0.25, 0.3) is 0 Å². The Kier molecular flexibility index (Phi) is 4.65. The molecule has 3 aromatic rings. The highest BCUT2D eigenvalue weighted by atomic mass is 32.2. The highest BCUT2D eigenvalue weighted by Gasteiger charge is 2.19. The number of nitrogens with zero attached hydrogens (tertiary/aromatic N) is 2. The Balaban J connectivity index is 1.72. The Hall–Kier alpha value is -2.23. The average molecular weight is 365 g/mol. The van der Waals surface area contributed by atoms with Gasteiger partial charge in [-0.3, -0.25) is 0 Å². The van der Waals surface area contributed by atoms with Gasteiger partial charge in [-0.05, 0) is 23.8 Å². The number of benzene rings is 1. The minimum Gasteiger partial charge on any atom is -0.497 e. The van der Waals surface area contributed by atoms with Gasteiger partial charge in [0.1, 0.15) is 9.96 Å². The van der Waals surface area contributed by atoms with Crippen molar-refractivity contribution in [3.63, 3.8) is 0 Å². The summed E-state index contributed by atoms with van der Waals surface area (Å²) in [4.78, 5) is 0. The predicted octanol–water partition coefficient (Wildman–Crippen LogP) is 2.59. The van der Waals surface area contributed by atoms with E-state index >= 15 is 0 Å². The van der Waals surface area contributed by atoms with Crippen LogP contribution < -0.4 is 9.46 Å². The molecule has 24 heavy (non-hydrogen) atoms. The predicted molar refractivity (Wildman–Crippen MR) is 89.4 cm³/mol. The molecule has 0 radical (unpaired) electrons. The van der Waals surface area contributed by atoms with Gasteiger partial charge in [-0.15, -0.1) is 21.5 Å². The van der Waals surface area contributed by atoms with Crippen molar-refractivity contribution in [1.82, 2.24) is 14.9 Å². The first-order valence-corrected chi connectivity index (χ1v) is 9.36. The van der Waals surface area contributed by atoms with Gasteiger partial charge in [0, 0.05) is 18.8 Å². The standard InChI is InChI=1S/C15H15N3O4S2/c1-10-17-18-15(22-10)12-7-14(23-9-12)24(19,20)16-8-11-3-5-13(21-2)6-4-11/h3-7,9,16H,8H2,1-2H3. The fourth-order valence-electron chi connectivity index (χ4n) is 1.98. The smallest absolute Gasteiger partial charge is 0.250 e. The molecule has 0 saturated carbocycles. The van der Waals surface area contributed by atoms with Crippen LogP contribution in [0.15, 0.2) is 44.3 Å².